The lowest BCUT2D eigenvalue weighted by atomic mass is 9.94. The second-order valence-corrected chi connectivity index (χ2v) is 68.8. The van der Waals surface area contributed by atoms with Crippen LogP contribution in [0.1, 0.15) is 55.2 Å². The molecule has 0 radical (unpaired) electrons. The molecule has 3 aromatic rings. The van der Waals surface area contributed by atoms with Gasteiger partial charge in [-0.2, -0.15) is 0 Å². The maximum absolute atomic E-state index is 14.1. The monoisotopic (exact) mass is 1470 g/mol. The van der Waals surface area contributed by atoms with Gasteiger partial charge in [0.25, 0.3) is 0 Å². The van der Waals surface area contributed by atoms with Gasteiger partial charge in [-0.1, -0.05) is 91.0 Å². The van der Waals surface area contributed by atoms with Crippen molar-refractivity contribution < 1.29 is 101 Å². The molecule has 0 aliphatic heterocycles. The number of carboxylic acid groups (broad SMARTS) is 3. The molecule has 3 N–H and O–H groups in total. The molecule has 0 aromatic heterocycles. The molecule has 0 aliphatic carbocycles. The van der Waals surface area contributed by atoms with Crippen LogP contribution in [-0.2, 0) is 105 Å². The minimum Gasteiger partial charge on any atom is -0.481 e. The van der Waals surface area contributed by atoms with E-state index in [9.17, 15) is 33.9 Å². The highest BCUT2D eigenvalue weighted by atomic mass is 28.5. The van der Waals surface area contributed by atoms with Crippen LogP contribution in [0, 0.1) is 0 Å². The number of ether oxygens (including phenoxy) is 5. The minimum absolute atomic E-state index is 0.0120. The molecular weight excluding hydrogens is 1370 g/mol. The smallest absolute Gasteiger partial charge is 0.339 e. The SMILES string of the molecule is C[Si](C)(C)O[Si](C)(C)O[Si](C)(C)O[Si](C)(C)O[Si](C)(C)CCCOC(CC(=O)O)(CC(=O)O)C(=O)O.C[Si](C)(C)O[Si](C)(C)O[Si](C)(C)O[Si](C)(C)O[Si](C)(C)CCCOC(CC(=O)OCc1ccccc1)(CC(=O)OCc1ccccc1)C(=O)OCc1ccccc1. The molecule has 0 bridgehead atoms. The molecule has 3 rings (SSSR count). The predicted octanol–water partition coefficient (Wildman–Crippen LogP) is 13.7. The van der Waals surface area contributed by atoms with E-state index < -0.39 is 157 Å². The highest BCUT2D eigenvalue weighted by molar-refractivity contribution is 6.91. The van der Waals surface area contributed by atoms with Gasteiger partial charge in [0.05, 0.1) is 25.7 Å². The quantitative estimate of drug-likeness (QED) is 0.0206. The molecule has 0 saturated carbocycles. The van der Waals surface area contributed by atoms with Crippen LogP contribution >= 0.6 is 0 Å². The predicted molar refractivity (Wildman–Crippen MR) is 382 cm³/mol. The van der Waals surface area contributed by atoms with Gasteiger partial charge in [-0.25, -0.2) is 9.59 Å². The first-order chi connectivity index (χ1) is 42.3. The van der Waals surface area contributed by atoms with Crippen LogP contribution in [0.2, 0.25) is 156 Å². The molecule has 32 heteroatoms. The van der Waals surface area contributed by atoms with E-state index in [-0.39, 0.29) is 33.0 Å². The van der Waals surface area contributed by atoms with E-state index in [2.05, 4.69) is 65.5 Å². The van der Waals surface area contributed by atoms with Crippen molar-refractivity contribution in [3.8, 4) is 0 Å². The van der Waals surface area contributed by atoms with E-state index in [0.717, 1.165) is 16.7 Å². The molecule has 0 fully saturated rings. The van der Waals surface area contributed by atoms with Crippen molar-refractivity contribution in [2.45, 2.75) is 226 Å². The second-order valence-electron chi connectivity index (χ2n) is 29.0. The molecule has 22 nitrogen and oxygen atoms in total. The van der Waals surface area contributed by atoms with E-state index in [4.69, 9.17) is 66.8 Å². The Hall–Kier alpha value is -3.75. The lowest BCUT2D eigenvalue weighted by molar-refractivity contribution is -0.187. The molecule has 0 saturated heterocycles. The number of rotatable bonds is 42. The van der Waals surface area contributed by atoms with Crippen molar-refractivity contribution >= 4 is 120 Å². The van der Waals surface area contributed by atoms with Crippen LogP contribution in [0.25, 0.3) is 0 Å². The van der Waals surface area contributed by atoms with Crippen LogP contribution in [0.5, 0.6) is 0 Å². The zero-order valence-electron chi connectivity index (χ0n) is 59.5. The largest absolute Gasteiger partial charge is 0.481 e. The fourth-order valence-electron chi connectivity index (χ4n) is 11.1. The maximum Gasteiger partial charge on any atom is 0.339 e. The molecule has 526 valence electrons. The Bertz CT molecular complexity index is 2760. The first-order valence-electron chi connectivity index (χ1n) is 31.5. The molecule has 0 spiro atoms. The van der Waals surface area contributed by atoms with Crippen LogP contribution in [0.4, 0.5) is 0 Å². The van der Waals surface area contributed by atoms with Gasteiger partial charge >= 0.3 is 87.2 Å². The summed E-state index contributed by atoms with van der Waals surface area (Å²) in [4.78, 5) is 75.1. The fourth-order valence-corrected chi connectivity index (χ4v) is 58.5. The third kappa shape index (κ3) is 37.0. The summed E-state index contributed by atoms with van der Waals surface area (Å²) in [7, 11) is -23.5. The number of carbonyl (C=O) groups is 6. The van der Waals surface area contributed by atoms with E-state index in [1.807, 2.05) is 170 Å². The van der Waals surface area contributed by atoms with Crippen LogP contribution in [0.15, 0.2) is 91.0 Å². The average Bonchev–Trinajstić information content (AvgIpc) is 0.855. The number of carbonyl (C=O) groups excluding carboxylic acids is 3. The van der Waals surface area contributed by atoms with Gasteiger partial charge in [-0.05, 0) is 186 Å². The topological polar surface area (TPSA) is 283 Å². The first-order valence-corrected chi connectivity index (χ1v) is 61.4. The van der Waals surface area contributed by atoms with Crippen molar-refractivity contribution in [1.29, 1.82) is 0 Å². The van der Waals surface area contributed by atoms with Gasteiger partial charge in [-0.3, -0.25) is 19.2 Å². The number of carboxylic acids is 3. The Morgan fingerprint density at radius 1 is 0.344 bits per heavy atom. The van der Waals surface area contributed by atoms with Crippen LogP contribution in [-0.4, -0.2) is 160 Å². The Morgan fingerprint density at radius 3 is 0.892 bits per heavy atom. The molecule has 3 aromatic carbocycles. The minimum atomic E-state index is -2.67. The highest BCUT2D eigenvalue weighted by Crippen LogP contribution is 2.32. The van der Waals surface area contributed by atoms with Crippen molar-refractivity contribution in [1.82, 2.24) is 0 Å². The number of hydrogen-bond acceptors (Lipinski definition) is 19. The number of esters is 3. The van der Waals surface area contributed by atoms with Gasteiger partial charge < -0.3 is 71.9 Å². The molecule has 0 amide bonds. The van der Waals surface area contributed by atoms with E-state index >= 15 is 0 Å². The van der Waals surface area contributed by atoms with E-state index in [0.29, 0.717) is 24.9 Å². The number of benzene rings is 3. The Kier molecular flexibility index (Phi) is 33.2. The number of hydrogen-bond donors (Lipinski definition) is 3. The molecule has 93 heavy (non-hydrogen) atoms. The summed E-state index contributed by atoms with van der Waals surface area (Å²) >= 11 is 0. The first kappa shape index (κ1) is 85.3. The Labute approximate surface area is 564 Å². The van der Waals surface area contributed by atoms with E-state index in [1.54, 1.807) is 0 Å². The fraction of sp³-hybridized carbons (Fsp3) is 0.607. The third-order valence-electron chi connectivity index (χ3n) is 12.9. The molecule has 0 unspecified atom stereocenters. The molecular formula is C61H110O22Si10. The summed E-state index contributed by atoms with van der Waals surface area (Å²) in [5.41, 5.74) is -2.04. The van der Waals surface area contributed by atoms with Gasteiger partial charge in [0.2, 0.25) is 0 Å². The zero-order chi connectivity index (χ0) is 71.2. The van der Waals surface area contributed by atoms with Crippen molar-refractivity contribution in [3.63, 3.8) is 0 Å². The lowest BCUT2D eigenvalue weighted by Crippen LogP contribution is -2.58. The van der Waals surface area contributed by atoms with Gasteiger partial charge in [0.15, 0.2) is 44.5 Å². The van der Waals surface area contributed by atoms with E-state index in [1.165, 1.54) is 0 Å². The molecule has 0 aliphatic rings. The summed E-state index contributed by atoms with van der Waals surface area (Å²) in [6, 6.07) is 28.8. The Balaban J connectivity index is 0.000000706. The standard InChI is InChI=1S/C41H64O11Si5.C20H46O11Si5/c1-53(2,3)49-55(6,7)51-57(10,11)52-56(8,9)50-54(4,5)29-21-28-48-41(40(44)47-34-37-26-19-14-20-27-37,30-38(42)45-32-35-22-15-12-16-23-35)31-39(43)46-33-36-24-17-13-18-25-36;1-32(2,3)28-34(6,7)30-36(10,11)31-35(8,9)29-33(4,5)14-12-13-27-20(19(25)26,15-17(21)22)16-18(23)24/h12-20,22-27H,21,28-34H2,1-11H3;12-16H2,1-11H3,(H,21,22)(H,23,24)(H,25,26). The molecule has 0 atom stereocenters. The maximum atomic E-state index is 14.1. The summed E-state index contributed by atoms with van der Waals surface area (Å²) in [6.45, 7) is 45.3. The van der Waals surface area contributed by atoms with Crippen molar-refractivity contribution in [2.24, 2.45) is 0 Å². The van der Waals surface area contributed by atoms with Gasteiger partial charge in [-0.15, -0.1) is 0 Å². The van der Waals surface area contributed by atoms with Crippen molar-refractivity contribution in [2.75, 3.05) is 13.2 Å². The van der Waals surface area contributed by atoms with Crippen LogP contribution in [0.3, 0.4) is 0 Å². The summed E-state index contributed by atoms with van der Waals surface area (Å²) in [5.74, 6) is -6.80. The Morgan fingerprint density at radius 2 is 0.613 bits per heavy atom. The van der Waals surface area contributed by atoms with Crippen molar-refractivity contribution in [3.05, 3.63) is 108 Å². The summed E-state index contributed by atoms with van der Waals surface area (Å²) in [5, 5.41) is 27.6. The third-order valence-corrected chi connectivity index (χ3v) is 48.9. The number of aliphatic carboxylic acids is 3. The molecule has 0 heterocycles. The van der Waals surface area contributed by atoms with Gasteiger partial charge in [0, 0.05) is 13.2 Å². The average molecular weight is 1480 g/mol. The van der Waals surface area contributed by atoms with Crippen LogP contribution < -0.4 is 0 Å². The highest BCUT2D eigenvalue weighted by Gasteiger charge is 2.50. The summed E-state index contributed by atoms with van der Waals surface area (Å²) < 4.78 is 81.0. The summed E-state index contributed by atoms with van der Waals surface area (Å²) in [6.07, 6.45) is -2.13. The van der Waals surface area contributed by atoms with Gasteiger partial charge in [0.1, 0.15) is 19.8 Å². The lowest BCUT2D eigenvalue weighted by Gasteiger charge is -2.42. The second kappa shape index (κ2) is 36.2. The zero-order valence-corrected chi connectivity index (χ0v) is 69.5. The normalized spacial score (nSPS) is 13.4.